The summed E-state index contributed by atoms with van der Waals surface area (Å²) in [7, 11) is 0. The molecule has 0 aliphatic carbocycles. The molecule has 16 heteroatoms. The van der Waals surface area contributed by atoms with Crippen LogP contribution in [0.4, 0.5) is 0 Å². The van der Waals surface area contributed by atoms with Crippen molar-refractivity contribution in [1.29, 1.82) is 0 Å². The van der Waals surface area contributed by atoms with Crippen LogP contribution in [-0.2, 0) is 30.8 Å². The Labute approximate surface area is 399 Å². The van der Waals surface area contributed by atoms with Gasteiger partial charge in [0.15, 0.2) is 5.96 Å². The Kier molecular flexibility index (Phi) is 19.6. The van der Waals surface area contributed by atoms with Crippen LogP contribution in [0, 0.1) is 5.92 Å². The third-order valence-electron chi connectivity index (χ3n) is 11.3. The quantitative estimate of drug-likeness (QED) is 0.0259. The van der Waals surface area contributed by atoms with Crippen molar-refractivity contribution in [2.24, 2.45) is 28.1 Å². The van der Waals surface area contributed by atoms with Crippen LogP contribution in [-0.4, -0.2) is 67.6 Å². The third kappa shape index (κ3) is 13.9. The number of aromatic nitrogens is 6. The van der Waals surface area contributed by atoms with Crippen LogP contribution in [0.2, 0.25) is 0 Å². The molecule has 0 aliphatic heterocycles. The van der Waals surface area contributed by atoms with Crippen LogP contribution in [0.1, 0.15) is 75.4 Å². The van der Waals surface area contributed by atoms with Crippen LogP contribution < -0.4 is 32.0 Å². The van der Waals surface area contributed by atoms with Gasteiger partial charge in [0.2, 0.25) is 5.91 Å². The number of ether oxygens (including phenoxy) is 2. The van der Waals surface area contributed by atoms with E-state index in [1.54, 1.807) is 15.6 Å². The molecule has 0 fully saturated rings. The number of amides is 1. The van der Waals surface area contributed by atoms with E-state index in [4.69, 9.17) is 26.7 Å². The molecule has 0 radical (unpaired) electrons. The fourth-order valence-corrected chi connectivity index (χ4v) is 7.95. The summed E-state index contributed by atoms with van der Waals surface area (Å²) in [5.74, 6) is 1.86. The Morgan fingerprint density at radius 2 is 1.36 bits per heavy atom. The van der Waals surface area contributed by atoms with E-state index < -0.39 is 6.04 Å². The number of rotatable bonds is 24. The van der Waals surface area contributed by atoms with Gasteiger partial charge in [-0.25, -0.2) is 4.68 Å². The number of carbonyl (C=O) groups is 1. The third-order valence-corrected chi connectivity index (χ3v) is 11.3. The van der Waals surface area contributed by atoms with Gasteiger partial charge in [-0.2, -0.15) is 0 Å². The minimum Gasteiger partial charge on any atom is -0.493 e. The lowest BCUT2D eigenvalue weighted by Crippen LogP contribution is -2.42. The normalized spacial score (nSPS) is 12.0. The van der Waals surface area contributed by atoms with E-state index in [9.17, 15) is 4.79 Å². The number of benzene rings is 5. The van der Waals surface area contributed by atoms with Crippen molar-refractivity contribution in [3.8, 4) is 22.6 Å². The first-order chi connectivity index (χ1) is 31.2. The van der Waals surface area contributed by atoms with Crippen LogP contribution >= 0.6 is 24.8 Å². The molecule has 0 saturated carbocycles. The molecule has 1 amide bonds. The van der Waals surface area contributed by atoms with Crippen molar-refractivity contribution in [1.82, 2.24) is 35.3 Å². The molecule has 0 bridgehead atoms. The molecule has 2 aromatic heterocycles. The molecule has 2 atom stereocenters. The van der Waals surface area contributed by atoms with Crippen LogP contribution in [0.25, 0.3) is 32.7 Å². The summed E-state index contributed by atoms with van der Waals surface area (Å²) < 4.78 is 16.7. The number of aryl methyl sites for hydroxylation is 2. The average molecular weight is 937 g/mol. The van der Waals surface area contributed by atoms with Gasteiger partial charge in [-0.05, 0) is 103 Å². The number of nitrogens with one attached hydrogen (secondary N) is 1. The van der Waals surface area contributed by atoms with Crippen molar-refractivity contribution in [3.05, 3.63) is 132 Å². The SMILES string of the molecule is CC(C)CCOc1ccc2ccccc2c1-c1c(OCc2cn([C@H](CCCCN)C(=O)N[C@H](CCCN=C(N)N)Cn3cc(CCc4ccccc4)nn3)nn2)ccc2ccccc12.Cl.Cl. The molecular formula is C50H63Cl2N11O3. The van der Waals surface area contributed by atoms with Crippen molar-refractivity contribution >= 4 is 58.2 Å². The van der Waals surface area contributed by atoms with Crippen molar-refractivity contribution in [2.45, 2.75) is 90.4 Å². The fourth-order valence-electron chi connectivity index (χ4n) is 7.95. The summed E-state index contributed by atoms with van der Waals surface area (Å²) in [6, 6.07) is 34.3. The van der Waals surface area contributed by atoms with E-state index in [1.165, 1.54) is 5.56 Å². The number of fused-ring (bicyclic) bond motifs is 2. The summed E-state index contributed by atoms with van der Waals surface area (Å²) in [4.78, 5) is 18.5. The maximum absolute atomic E-state index is 14.3. The Morgan fingerprint density at radius 1 is 0.712 bits per heavy atom. The second kappa shape index (κ2) is 25.5. The largest absolute Gasteiger partial charge is 0.493 e. The molecule has 14 nitrogen and oxygen atoms in total. The maximum atomic E-state index is 14.3. The number of halogens is 2. The van der Waals surface area contributed by atoms with E-state index in [0.29, 0.717) is 62.9 Å². The zero-order chi connectivity index (χ0) is 44.7. The van der Waals surface area contributed by atoms with E-state index in [2.05, 4.69) is 112 Å². The highest BCUT2D eigenvalue weighted by Crippen LogP contribution is 2.45. The second-order valence-electron chi connectivity index (χ2n) is 16.7. The van der Waals surface area contributed by atoms with Crippen LogP contribution in [0.3, 0.4) is 0 Å². The number of hydrogen-bond donors (Lipinski definition) is 4. The summed E-state index contributed by atoms with van der Waals surface area (Å²) in [5.41, 5.74) is 21.8. The van der Waals surface area contributed by atoms with Gasteiger partial charge in [0.1, 0.15) is 29.8 Å². The predicted molar refractivity (Wildman–Crippen MR) is 268 cm³/mol. The molecule has 66 heavy (non-hydrogen) atoms. The standard InChI is InChI=1S/C50H61N11O3.2ClH/c1-35(2)27-30-63-45-25-22-37-15-6-8-18-42(37)47(45)48-43-19-9-7-16-38(43)23-26-46(48)64-34-41-33-61(59-57-41)44(20-10-11-28-51)49(62)55-39(17-12-29-54-50(52)53)31-60-32-40(56-58-60)24-21-36-13-4-3-5-14-36;;/h3-9,13-16,18-19,22-23,25-26,32-33,35,39,44H,10-12,17,20-21,24,27-31,34,51H2,1-2H3,(H,55,62)(H4,52,53,54);2*1H/t39-,44-;;/m1../s1. The first-order valence-electron chi connectivity index (χ1n) is 22.4. The van der Waals surface area contributed by atoms with Gasteiger partial charge in [0.25, 0.3) is 0 Å². The lowest BCUT2D eigenvalue weighted by atomic mass is 9.92. The van der Waals surface area contributed by atoms with E-state index in [-0.39, 0.29) is 49.3 Å². The predicted octanol–water partition coefficient (Wildman–Crippen LogP) is 8.38. The zero-order valence-electron chi connectivity index (χ0n) is 37.8. The minimum atomic E-state index is -0.636. The smallest absolute Gasteiger partial charge is 0.245 e. The molecule has 0 spiro atoms. The Bertz CT molecular complexity index is 2610. The van der Waals surface area contributed by atoms with Crippen molar-refractivity contribution in [2.75, 3.05) is 19.7 Å². The first kappa shape index (κ1) is 50.8. The molecule has 2 heterocycles. The molecule has 7 N–H and O–H groups in total. The van der Waals surface area contributed by atoms with Gasteiger partial charge in [0, 0.05) is 29.9 Å². The number of nitrogens with two attached hydrogens (primary N) is 3. The summed E-state index contributed by atoms with van der Waals surface area (Å²) >= 11 is 0. The van der Waals surface area contributed by atoms with Gasteiger partial charge < -0.3 is 32.0 Å². The number of guanidine groups is 1. The van der Waals surface area contributed by atoms with Gasteiger partial charge >= 0.3 is 0 Å². The van der Waals surface area contributed by atoms with Crippen LogP contribution in [0.15, 0.2) is 121 Å². The summed E-state index contributed by atoms with van der Waals surface area (Å²) in [5, 5.41) is 25.5. The lowest BCUT2D eigenvalue weighted by molar-refractivity contribution is -0.125. The van der Waals surface area contributed by atoms with Crippen molar-refractivity contribution < 1.29 is 14.3 Å². The molecule has 0 saturated heterocycles. The molecule has 0 unspecified atom stereocenters. The highest BCUT2D eigenvalue weighted by molar-refractivity contribution is 6.09. The molecule has 0 aliphatic rings. The average Bonchev–Trinajstić information content (AvgIpc) is 3.97. The number of hydrogen-bond acceptors (Lipinski definition) is 9. The Balaban J connectivity index is 0.00000408. The molecule has 5 aromatic carbocycles. The summed E-state index contributed by atoms with van der Waals surface area (Å²) in [6.07, 6.45) is 9.59. The fraction of sp³-hybridized carbons (Fsp3) is 0.360. The van der Waals surface area contributed by atoms with Gasteiger partial charge in [-0.3, -0.25) is 14.5 Å². The van der Waals surface area contributed by atoms with E-state index in [0.717, 1.165) is 76.2 Å². The molecule has 350 valence electrons. The van der Waals surface area contributed by atoms with Gasteiger partial charge in [-0.15, -0.1) is 35.0 Å². The highest BCUT2D eigenvalue weighted by Gasteiger charge is 2.26. The highest BCUT2D eigenvalue weighted by atomic mass is 35.5. The molecular weight excluding hydrogens is 874 g/mol. The summed E-state index contributed by atoms with van der Waals surface area (Å²) in [6.45, 7) is 6.51. The van der Waals surface area contributed by atoms with Crippen molar-refractivity contribution in [3.63, 3.8) is 0 Å². The minimum absolute atomic E-state index is 0. The van der Waals surface area contributed by atoms with E-state index in [1.807, 2.05) is 42.6 Å². The van der Waals surface area contributed by atoms with Gasteiger partial charge in [-0.1, -0.05) is 115 Å². The molecule has 7 rings (SSSR count). The maximum Gasteiger partial charge on any atom is 0.245 e. The topological polar surface area (TPSA) is 199 Å². The van der Waals surface area contributed by atoms with Crippen LogP contribution in [0.5, 0.6) is 11.5 Å². The monoisotopic (exact) mass is 935 g/mol. The Morgan fingerprint density at radius 3 is 2.03 bits per heavy atom. The number of aliphatic imine (C=N–C) groups is 1. The Hall–Kier alpha value is -6.22. The number of carbonyl (C=O) groups excluding carboxylic acids is 1. The zero-order valence-corrected chi connectivity index (χ0v) is 39.4. The number of unbranched alkanes of at least 4 members (excludes halogenated alkanes) is 1. The van der Waals surface area contributed by atoms with Gasteiger partial charge in [0.05, 0.1) is 25.0 Å². The molecule has 7 aromatic rings. The second-order valence-corrected chi connectivity index (χ2v) is 16.7. The first-order valence-corrected chi connectivity index (χ1v) is 22.4. The van der Waals surface area contributed by atoms with E-state index >= 15 is 0 Å². The number of nitrogens with zero attached hydrogens (tertiary/aromatic N) is 7. The lowest BCUT2D eigenvalue weighted by Gasteiger charge is -2.23.